The van der Waals surface area contributed by atoms with Crippen LogP contribution in [0.1, 0.15) is 49.3 Å². The third-order valence-corrected chi connectivity index (χ3v) is 4.97. The van der Waals surface area contributed by atoms with Crippen LogP contribution in [0.3, 0.4) is 0 Å². The molecule has 1 fully saturated rings. The Morgan fingerprint density at radius 2 is 1.68 bits per heavy atom. The van der Waals surface area contributed by atoms with Gasteiger partial charge in [0.2, 0.25) is 0 Å². The molecule has 0 aliphatic heterocycles. The molecule has 2 N–H and O–H groups in total. The van der Waals surface area contributed by atoms with E-state index in [-0.39, 0.29) is 12.6 Å². The zero-order valence-electron chi connectivity index (χ0n) is 14.9. The molecule has 0 amide bonds. The molecular weight excluding hydrogens is 310 g/mol. The quantitative estimate of drug-likeness (QED) is 0.755. The summed E-state index contributed by atoms with van der Waals surface area (Å²) < 4.78 is 5.80. The Kier molecular flexibility index (Phi) is 6.89. The van der Waals surface area contributed by atoms with E-state index in [1.807, 2.05) is 12.1 Å². The highest BCUT2D eigenvalue weighted by atomic mass is 16.5. The average Bonchev–Trinajstić information content (AvgIpc) is 2.68. The predicted octanol–water partition coefficient (Wildman–Crippen LogP) is 4.26. The van der Waals surface area contributed by atoms with E-state index in [1.165, 1.54) is 43.2 Å². The van der Waals surface area contributed by atoms with Crippen molar-refractivity contribution in [2.24, 2.45) is 0 Å². The van der Waals surface area contributed by atoms with Crippen LogP contribution >= 0.6 is 0 Å². The van der Waals surface area contributed by atoms with Gasteiger partial charge in [0.1, 0.15) is 12.4 Å². The zero-order chi connectivity index (χ0) is 17.3. The molecule has 1 aliphatic rings. The molecule has 1 aliphatic carbocycles. The monoisotopic (exact) mass is 339 g/mol. The van der Waals surface area contributed by atoms with E-state index in [1.54, 1.807) is 0 Å². The van der Waals surface area contributed by atoms with Crippen LogP contribution in [0, 0.1) is 0 Å². The van der Waals surface area contributed by atoms with Crippen molar-refractivity contribution in [1.82, 2.24) is 5.32 Å². The summed E-state index contributed by atoms with van der Waals surface area (Å²) >= 11 is 0. The van der Waals surface area contributed by atoms with Crippen LogP contribution in [0.15, 0.2) is 54.6 Å². The number of para-hydroxylation sites is 1. The second-order valence-electron chi connectivity index (χ2n) is 6.85. The van der Waals surface area contributed by atoms with Gasteiger partial charge in [0, 0.05) is 17.6 Å². The summed E-state index contributed by atoms with van der Waals surface area (Å²) in [4.78, 5) is 0. The predicted molar refractivity (Wildman–Crippen MR) is 102 cm³/mol. The van der Waals surface area contributed by atoms with E-state index >= 15 is 0 Å². The van der Waals surface area contributed by atoms with Crippen LogP contribution in [0.25, 0.3) is 0 Å². The molecule has 2 aromatic rings. The minimum Gasteiger partial charge on any atom is -0.491 e. The molecule has 0 aromatic heterocycles. The normalized spacial score (nSPS) is 16.5. The number of hydrogen-bond acceptors (Lipinski definition) is 3. The minimum absolute atomic E-state index is 0.0355. The Bertz CT molecular complexity index is 623. The Balaban J connectivity index is 1.82. The fraction of sp³-hybridized carbons (Fsp3) is 0.455. The number of nitrogens with one attached hydrogen (secondary N) is 1. The summed E-state index contributed by atoms with van der Waals surface area (Å²) in [5, 5.41) is 13.0. The van der Waals surface area contributed by atoms with Gasteiger partial charge in [-0.1, -0.05) is 67.8 Å². The minimum atomic E-state index is 0.0355. The first-order valence-corrected chi connectivity index (χ1v) is 9.49. The smallest absolute Gasteiger partial charge is 0.124 e. The molecule has 0 unspecified atom stereocenters. The molecule has 3 nitrogen and oxygen atoms in total. The highest BCUT2D eigenvalue weighted by molar-refractivity contribution is 5.37. The number of ether oxygens (including phenoxy) is 1. The largest absolute Gasteiger partial charge is 0.491 e. The van der Waals surface area contributed by atoms with E-state index in [4.69, 9.17) is 9.84 Å². The lowest BCUT2D eigenvalue weighted by Crippen LogP contribution is -2.35. The molecule has 3 rings (SSSR count). The lowest BCUT2D eigenvalue weighted by Gasteiger charge is -2.30. The molecule has 0 saturated heterocycles. The molecule has 1 saturated carbocycles. The first-order chi connectivity index (χ1) is 12.4. The van der Waals surface area contributed by atoms with Crippen molar-refractivity contribution in [1.29, 1.82) is 0 Å². The van der Waals surface area contributed by atoms with Crippen LogP contribution in [-0.4, -0.2) is 24.4 Å². The molecule has 134 valence electrons. The van der Waals surface area contributed by atoms with Gasteiger partial charge >= 0.3 is 0 Å². The van der Waals surface area contributed by atoms with E-state index in [2.05, 4.69) is 47.8 Å². The lowest BCUT2D eigenvalue weighted by atomic mass is 9.92. The van der Waals surface area contributed by atoms with Gasteiger partial charge < -0.3 is 15.2 Å². The fourth-order valence-electron chi connectivity index (χ4n) is 3.72. The fourth-order valence-corrected chi connectivity index (χ4v) is 3.72. The van der Waals surface area contributed by atoms with E-state index < -0.39 is 0 Å². The van der Waals surface area contributed by atoms with Crippen LogP contribution < -0.4 is 10.1 Å². The van der Waals surface area contributed by atoms with Gasteiger partial charge in [-0.05, 0) is 30.9 Å². The maximum atomic E-state index is 9.11. The Labute approximate surface area is 151 Å². The van der Waals surface area contributed by atoms with Gasteiger partial charge in [-0.25, -0.2) is 0 Å². The Morgan fingerprint density at radius 3 is 2.44 bits per heavy atom. The van der Waals surface area contributed by atoms with Gasteiger partial charge in [0.15, 0.2) is 0 Å². The van der Waals surface area contributed by atoms with Gasteiger partial charge in [-0.15, -0.1) is 0 Å². The average molecular weight is 339 g/mol. The standard InChI is InChI=1S/C22H29NO2/c24-15-16-25-22-14-8-7-13-20(22)21(17-18-9-3-1-4-10-18)23-19-11-5-2-6-12-19/h1,3-4,7-10,13-14,19,21,23-24H,2,5-6,11-12,15-17H2/t21-/m0/s1. The van der Waals surface area contributed by atoms with E-state index in [0.29, 0.717) is 12.6 Å². The maximum absolute atomic E-state index is 9.11. The highest BCUT2D eigenvalue weighted by Gasteiger charge is 2.22. The Hall–Kier alpha value is -1.84. The van der Waals surface area contributed by atoms with Crippen molar-refractivity contribution in [3.8, 4) is 5.75 Å². The molecule has 25 heavy (non-hydrogen) atoms. The van der Waals surface area contributed by atoms with Crippen LogP contribution in [-0.2, 0) is 6.42 Å². The van der Waals surface area contributed by atoms with Crippen LogP contribution in [0.5, 0.6) is 5.75 Å². The Morgan fingerprint density at radius 1 is 0.960 bits per heavy atom. The van der Waals surface area contributed by atoms with Crippen molar-refractivity contribution < 1.29 is 9.84 Å². The number of aliphatic hydroxyl groups is 1. The number of hydrogen-bond donors (Lipinski definition) is 2. The summed E-state index contributed by atoms with van der Waals surface area (Å²) in [7, 11) is 0. The second-order valence-corrected chi connectivity index (χ2v) is 6.85. The first-order valence-electron chi connectivity index (χ1n) is 9.49. The second kappa shape index (κ2) is 9.59. The van der Waals surface area contributed by atoms with Gasteiger partial charge in [0.25, 0.3) is 0 Å². The lowest BCUT2D eigenvalue weighted by molar-refractivity contribution is 0.198. The summed E-state index contributed by atoms with van der Waals surface area (Å²) in [5.41, 5.74) is 2.51. The third kappa shape index (κ3) is 5.32. The summed E-state index contributed by atoms with van der Waals surface area (Å²) in [6.07, 6.45) is 7.45. The zero-order valence-corrected chi connectivity index (χ0v) is 14.9. The number of aliphatic hydroxyl groups excluding tert-OH is 1. The molecule has 0 radical (unpaired) electrons. The molecule has 0 bridgehead atoms. The topological polar surface area (TPSA) is 41.5 Å². The summed E-state index contributed by atoms with van der Waals surface area (Å²) in [6, 6.07) is 19.7. The van der Waals surface area contributed by atoms with Crippen LogP contribution in [0.4, 0.5) is 0 Å². The molecule has 0 heterocycles. The van der Waals surface area contributed by atoms with Crippen molar-refractivity contribution in [3.05, 3.63) is 65.7 Å². The molecule has 2 aromatic carbocycles. The van der Waals surface area contributed by atoms with Gasteiger partial charge in [0.05, 0.1) is 6.61 Å². The summed E-state index contributed by atoms with van der Waals surface area (Å²) in [5.74, 6) is 0.876. The summed E-state index contributed by atoms with van der Waals surface area (Å²) in [6.45, 7) is 0.367. The van der Waals surface area contributed by atoms with E-state index in [9.17, 15) is 0 Å². The maximum Gasteiger partial charge on any atom is 0.124 e. The van der Waals surface area contributed by atoms with E-state index in [0.717, 1.165) is 12.2 Å². The van der Waals surface area contributed by atoms with Crippen molar-refractivity contribution in [2.45, 2.75) is 50.6 Å². The van der Waals surface area contributed by atoms with Gasteiger partial charge in [-0.3, -0.25) is 0 Å². The first kappa shape index (κ1) is 18.0. The van der Waals surface area contributed by atoms with Crippen molar-refractivity contribution >= 4 is 0 Å². The van der Waals surface area contributed by atoms with Crippen molar-refractivity contribution in [2.75, 3.05) is 13.2 Å². The molecule has 1 atom stereocenters. The third-order valence-electron chi connectivity index (χ3n) is 4.97. The highest BCUT2D eigenvalue weighted by Crippen LogP contribution is 2.30. The number of benzene rings is 2. The molecule has 0 spiro atoms. The van der Waals surface area contributed by atoms with Crippen LogP contribution in [0.2, 0.25) is 0 Å². The van der Waals surface area contributed by atoms with Crippen molar-refractivity contribution in [3.63, 3.8) is 0 Å². The van der Waals surface area contributed by atoms with Gasteiger partial charge in [-0.2, -0.15) is 0 Å². The molecular formula is C22H29NO2. The number of rotatable bonds is 8. The SMILES string of the molecule is OCCOc1ccccc1[C@H](Cc1ccccc1)NC1CCCCC1. The molecule has 3 heteroatoms.